The largest absolute Gasteiger partial charge is 0.493 e. The van der Waals surface area contributed by atoms with Crippen LogP contribution in [0.15, 0.2) is 42.5 Å². The van der Waals surface area contributed by atoms with Crippen molar-refractivity contribution >= 4 is 29.3 Å². The number of benzene rings is 2. The van der Waals surface area contributed by atoms with Gasteiger partial charge in [0, 0.05) is 23.0 Å². The molecule has 218 valence electrons. The average Bonchev–Trinajstić information content (AvgIpc) is 3.41. The van der Waals surface area contributed by atoms with Crippen molar-refractivity contribution < 1.29 is 23.9 Å². The standard InChI is InChI=1S/C30H36ClN5O5/c1-17-13-25(28(38)35-34-17)41-23-11-9-20(15-24(23)40-5)27(37)33-18(2)29(39)36-22(19-7-6-8-21(31)14-19)10-12-26(36)30(3,4)16-32/h6-9,11,14-15,17-18,22,25-26,34H,10,12-13H2,1-5H3,(H,33,37)(H,35,38)/t17?,18-,22+,25?,26-/m1/s1. The maximum absolute atomic E-state index is 13.9. The fourth-order valence-electron chi connectivity index (χ4n) is 5.43. The van der Waals surface area contributed by atoms with E-state index in [0.717, 1.165) is 5.56 Å². The predicted octanol–water partition coefficient (Wildman–Crippen LogP) is 3.91. The summed E-state index contributed by atoms with van der Waals surface area (Å²) in [6, 6.07) is 12.9. The molecule has 11 heteroatoms. The number of hydrazine groups is 1. The van der Waals surface area contributed by atoms with Gasteiger partial charge in [0.25, 0.3) is 11.8 Å². The van der Waals surface area contributed by atoms with Crippen molar-refractivity contribution in [1.82, 2.24) is 21.1 Å². The molecule has 4 rings (SSSR count). The number of hydrogen-bond acceptors (Lipinski definition) is 7. The zero-order valence-electron chi connectivity index (χ0n) is 23.9. The van der Waals surface area contributed by atoms with Crippen LogP contribution in [0.2, 0.25) is 5.02 Å². The molecule has 2 aromatic carbocycles. The van der Waals surface area contributed by atoms with Gasteiger partial charge in [-0.1, -0.05) is 23.7 Å². The number of nitrogens with one attached hydrogen (secondary N) is 3. The first-order valence-electron chi connectivity index (χ1n) is 13.6. The fraction of sp³-hybridized carbons (Fsp3) is 0.467. The molecule has 2 aliphatic heterocycles. The Kier molecular flexibility index (Phi) is 9.10. The van der Waals surface area contributed by atoms with E-state index in [1.54, 1.807) is 30.0 Å². The lowest BCUT2D eigenvalue weighted by atomic mass is 9.84. The van der Waals surface area contributed by atoms with Crippen molar-refractivity contribution in [1.29, 1.82) is 5.26 Å². The van der Waals surface area contributed by atoms with Gasteiger partial charge in [-0.25, -0.2) is 5.43 Å². The Morgan fingerprint density at radius 3 is 2.63 bits per heavy atom. The number of methoxy groups -OCH3 is 1. The van der Waals surface area contributed by atoms with Gasteiger partial charge in [0.05, 0.1) is 30.7 Å². The van der Waals surface area contributed by atoms with Gasteiger partial charge in [0.1, 0.15) is 6.04 Å². The number of hydrogen-bond donors (Lipinski definition) is 3. The van der Waals surface area contributed by atoms with Gasteiger partial charge in [-0.3, -0.25) is 19.8 Å². The van der Waals surface area contributed by atoms with Crippen LogP contribution in [0.25, 0.3) is 0 Å². The molecule has 3 amide bonds. The number of amides is 3. The Bertz CT molecular complexity index is 1360. The Labute approximate surface area is 245 Å². The van der Waals surface area contributed by atoms with E-state index < -0.39 is 23.5 Å². The van der Waals surface area contributed by atoms with Crippen LogP contribution in [0.3, 0.4) is 0 Å². The summed E-state index contributed by atoms with van der Waals surface area (Å²) in [6.07, 6.45) is 1.08. The van der Waals surface area contributed by atoms with Gasteiger partial charge in [-0.05, 0) is 76.4 Å². The summed E-state index contributed by atoms with van der Waals surface area (Å²) in [5, 5.41) is 13.2. The zero-order valence-corrected chi connectivity index (χ0v) is 24.6. The second-order valence-electron chi connectivity index (χ2n) is 11.2. The van der Waals surface area contributed by atoms with Crippen molar-refractivity contribution in [3.05, 3.63) is 58.6 Å². The SMILES string of the molecule is COc1cc(C(=O)N[C@H](C)C(=O)N2[C@H](c3cccc(Cl)c3)CC[C@@H]2C(C)(C)C#N)ccc1OC1CC(C)NNC1=O. The molecule has 2 aliphatic rings. The molecule has 2 unspecified atom stereocenters. The van der Waals surface area contributed by atoms with Crippen LogP contribution in [0.4, 0.5) is 0 Å². The third-order valence-electron chi connectivity index (χ3n) is 7.71. The molecule has 0 spiro atoms. The van der Waals surface area contributed by atoms with E-state index in [9.17, 15) is 19.6 Å². The van der Waals surface area contributed by atoms with E-state index in [1.807, 2.05) is 39.0 Å². The molecule has 0 saturated carbocycles. The highest BCUT2D eigenvalue weighted by Crippen LogP contribution is 2.43. The third-order valence-corrected chi connectivity index (χ3v) is 7.94. The van der Waals surface area contributed by atoms with E-state index >= 15 is 0 Å². The van der Waals surface area contributed by atoms with Gasteiger partial charge < -0.3 is 19.7 Å². The first-order valence-corrected chi connectivity index (χ1v) is 14.0. The van der Waals surface area contributed by atoms with E-state index in [4.69, 9.17) is 21.1 Å². The highest BCUT2D eigenvalue weighted by molar-refractivity contribution is 6.30. The molecular weight excluding hydrogens is 546 g/mol. The highest BCUT2D eigenvalue weighted by Gasteiger charge is 2.46. The Morgan fingerprint density at radius 2 is 1.95 bits per heavy atom. The maximum atomic E-state index is 13.9. The first kappa shape index (κ1) is 30.2. The molecule has 0 aromatic heterocycles. The van der Waals surface area contributed by atoms with Crippen molar-refractivity contribution in [2.24, 2.45) is 5.41 Å². The number of carbonyl (C=O) groups excluding carboxylic acids is 3. The monoisotopic (exact) mass is 581 g/mol. The average molecular weight is 582 g/mol. The second kappa shape index (κ2) is 12.4. The van der Waals surface area contributed by atoms with Crippen LogP contribution in [0.1, 0.15) is 68.9 Å². The number of carbonyl (C=O) groups is 3. The summed E-state index contributed by atoms with van der Waals surface area (Å²) >= 11 is 6.25. The summed E-state index contributed by atoms with van der Waals surface area (Å²) < 4.78 is 11.3. The van der Waals surface area contributed by atoms with Crippen LogP contribution in [0, 0.1) is 16.7 Å². The predicted molar refractivity (Wildman–Crippen MR) is 153 cm³/mol. The van der Waals surface area contributed by atoms with Crippen LogP contribution >= 0.6 is 11.6 Å². The minimum Gasteiger partial charge on any atom is -0.493 e. The van der Waals surface area contributed by atoms with E-state index in [1.165, 1.54) is 13.2 Å². The molecule has 0 bridgehead atoms. The van der Waals surface area contributed by atoms with Crippen LogP contribution < -0.4 is 25.6 Å². The number of halogens is 1. The van der Waals surface area contributed by atoms with Gasteiger partial charge in [0.2, 0.25) is 5.91 Å². The van der Waals surface area contributed by atoms with Crippen LogP contribution in [-0.4, -0.2) is 54.0 Å². The van der Waals surface area contributed by atoms with E-state index in [2.05, 4.69) is 22.2 Å². The molecular formula is C30H36ClN5O5. The van der Waals surface area contributed by atoms with Gasteiger partial charge in [0.15, 0.2) is 17.6 Å². The van der Waals surface area contributed by atoms with Crippen LogP contribution in [0.5, 0.6) is 11.5 Å². The Balaban J connectivity index is 1.52. The molecule has 2 heterocycles. The topological polar surface area (TPSA) is 133 Å². The lowest BCUT2D eigenvalue weighted by Crippen LogP contribution is -2.56. The van der Waals surface area contributed by atoms with Crippen molar-refractivity contribution in [2.45, 2.75) is 77.2 Å². The third kappa shape index (κ3) is 6.58. The normalized spacial score (nSPS) is 23.2. The molecule has 41 heavy (non-hydrogen) atoms. The molecule has 3 N–H and O–H groups in total. The lowest BCUT2D eigenvalue weighted by molar-refractivity contribution is -0.137. The van der Waals surface area contributed by atoms with E-state index in [0.29, 0.717) is 30.0 Å². The number of nitriles is 1. The summed E-state index contributed by atoms with van der Waals surface area (Å²) in [5.41, 5.74) is 5.79. The Hall–Kier alpha value is -3.81. The molecule has 10 nitrogen and oxygen atoms in total. The smallest absolute Gasteiger partial charge is 0.275 e. The van der Waals surface area contributed by atoms with Crippen molar-refractivity contribution in [3.63, 3.8) is 0 Å². The number of ether oxygens (including phenoxy) is 2. The molecule has 5 atom stereocenters. The minimum absolute atomic E-state index is 0.0279. The number of nitrogens with zero attached hydrogens (tertiary/aromatic N) is 2. The molecule has 2 saturated heterocycles. The maximum Gasteiger partial charge on any atom is 0.275 e. The summed E-state index contributed by atoms with van der Waals surface area (Å²) in [6.45, 7) is 7.21. The van der Waals surface area contributed by atoms with E-state index in [-0.39, 0.29) is 41.3 Å². The quantitative estimate of drug-likeness (QED) is 0.430. The number of likely N-dealkylation sites (tertiary alicyclic amines) is 1. The van der Waals surface area contributed by atoms with Gasteiger partial charge >= 0.3 is 0 Å². The van der Waals surface area contributed by atoms with Crippen molar-refractivity contribution in [3.8, 4) is 17.6 Å². The van der Waals surface area contributed by atoms with Crippen LogP contribution in [-0.2, 0) is 9.59 Å². The van der Waals surface area contributed by atoms with Gasteiger partial charge in [-0.2, -0.15) is 5.26 Å². The van der Waals surface area contributed by atoms with Crippen molar-refractivity contribution in [2.75, 3.05) is 7.11 Å². The molecule has 0 aliphatic carbocycles. The molecule has 0 radical (unpaired) electrons. The summed E-state index contributed by atoms with van der Waals surface area (Å²) in [7, 11) is 1.45. The Morgan fingerprint density at radius 1 is 1.20 bits per heavy atom. The van der Waals surface area contributed by atoms with Gasteiger partial charge in [-0.15, -0.1) is 0 Å². The molecule has 2 aromatic rings. The summed E-state index contributed by atoms with van der Waals surface area (Å²) in [5.74, 6) is -0.446. The second-order valence-corrected chi connectivity index (χ2v) is 11.6. The lowest BCUT2D eigenvalue weighted by Gasteiger charge is -2.38. The summed E-state index contributed by atoms with van der Waals surface area (Å²) in [4.78, 5) is 41.1. The number of rotatable bonds is 8. The zero-order chi connectivity index (χ0) is 29.9. The molecule has 2 fully saturated rings. The first-order chi connectivity index (χ1) is 19.4. The fourth-order valence-corrected chi connectivity index (χ4v) is 5.63. The minimum atomic E-state index is -0.874. The highest BCUT2D eigenvalue weighted by atomic mass is 35.5.